The molecule has 1 aliphatic carbocycles. The number of pyridine rings is 1. The predicted molar refractivity (Wildman–Crippen MR) is 110 cm³/mol. The van der Waals surface area contributed by atoms with Gasteiger partial charge in [-0.15, -0.1) is 0 Å². The molecular weight excluding hydrogens is 395 g/mol. The van der Waals surface area contributed by atoms with Gasteiger partial charge in [-0.25, -0.2) is 9.37 Å². The minimum Gasteiger partial charge on any atom is -0.384 e. The van der Waals surface area contributed by atoms with Crippen LogP contribution in [-0.4, -0.2) is 22.7 Å². The molecule has 2 aromatic rings. The van der Waals surface area contributed by atoms with Crippen LogP contribution in [0.2, 0.25) is 5.02 Å². The van der Waals surface area contributed by atoms with Crippen molar-refractivity contribution in [3.05, 3.63) is 58.0 Å². The van der Waals surface area contributed by atoms with E-state index >= 15 is 4.39 Å². The molecule has 0 spiro atoms. The Morgan fingerprint density at radius 1 is 1.31 bits per heavy atom. The van der Waals surface area contributed by atoms with E-state index in [9.17, 15) is 9.59 Å². The van der Waals surface area contributed by atoms with Gasteiger partial charge in [-0.3, -0.25) is 9.59 Å². The summed E-state index contributed by atoms with van der Waals surface area (Å²) in [6.45, 7) is 1.91. The zero-order valence-corrected chi connectivity index (χ0v) is 16.9. The van der Waals surface area contributed by atoms with Crippen molar-refractivity contribution in [1.29, 1.82) is 0 Å². The fourth-order valence-corrected chi connectivity index (χ4v) is 4.15. The van der Waals surface area contributed by atoms with Gasteiger partial charge in [-0.05, 0) is 37.5 Å². The number of nitrogen functional groups attached to an aromatic ring is 1. The normalized spacial score (nSPS) is 19.8. The molecule has 3 rings (SSSR count). The summed E-state index contributed by atoms with van der Waals surface area (Å²) in [6, 6.07) is 5.55. The first kappa shape index (κ1) is 21.2. The van der Waals surface area contributed by atoms with Gasteiger partial charge in [0.2, 0.25) is 5.91 Å². The summed E-state index contributed by atoms with van der Waals surface area (Å²) in [6.07, 6.45) is 4.27. The van der Waals surface area contributed by atoms with Crippen molar-refractivity contribution >= 4 is 29.1 Å². The van der Waals surface area contributed by atoms with E-state index < -0.39 is 11.6 Å². The molecule has 1 fully saturated rings. The molecule has 1 aromatic heterocycles. The number of ketones is 1. The van der Waals surface area contributed by atoms with Gasteiger partial charge in [0, 0.05) is 29.4 Å². The maximum absolute atomic E-state index is 15.4. The minimum absolute atomic E-state index is 0.0267. The van der Waals surface area contributed by atoms with Crippen molar-refractivity contribution in [3.8, 4) is 0 Å². The number of anilines is 1. The second-order valence-corrected chi connectivity index (χ2v) is 7.71. The molecular formula is C21H24ClFN4O2. The van der Waals surface area contributed by atoms with Gasteiger partial charge in [0.15, 0.2) is 5.78 Å². The van der Waals surface area contributed by atoms with E-state index in [0.717, 1.165) is 19.3 Å². The largest absolute Gasteiger partial charge is 0.384 e. The summed E-state index contributed by atoms with van der Waals surface area (Å²) < 4.78 is 15.4. The monoisotopic (exact) mass is 418 g/mol. The topological polar surface area (TPSA) is 111 Å². The zero-order valence-electron chi connectivity index (χ0n) is 16.1. The van der Waals surface area contributed by atoms with Gasteiger partial charge in [0.25, 0.3) is 0 Å². The number of primary amides is 1. The second-order valence-electron chi connectivity index (χ2n) is 7.30. The van der Waals surface area contributed by atoms with Gasteiger partial charge in [-0.2, -0.15) is 0 Å². The first-order chi connectivity index (χ1) is 13.8. The smallest absolute Gasteiger partial charge is 0.222 e. The van der Waals surface area contributed by atoms with Gasteiger partial charge < -0.3 is 16.8 Å². The van der Waals surface area contributed by atoms with Crippen LogP contribution in [0, 0.1) is 11.7 Å². The summed E-state index contributed by atoms with van der Waals surface area (Å²) in [5.41, 5.74) is 11.4. The van der Waals surface area contributed by atoms with Crippen LogP contribution in [0.25, 0.3) is 0 Å². The Labute approximate surface area is 173 Å². The number of amides is 1. The van der Waals surface area contributed by atoms with Crippen molar-refractivity contribution in [2.45, 2.75) is 44.7 Å². The molecule has 1 amide bonds. The predicted octanol–water partition coefficient (Wildman–Crippen LogP) is 3.38. The lowest BCUT2D eigenvalue weighted by Crippen LogP contribution is -2.41. The molecule has 29 heavy (non-hydrogen) atoms. The fourth-order valence-electron chi connectivity index (χ4n) is 3.92. The Hall–Kier alpha value is -2.51. The number of nitrogens with two attached hydrogens (primary N) is 2. The molecule has 0 bridgehead atoms. The summed E-state index contributed by atoms with van der Waals surface area (Å²) in [4.78, 5) is 28.4. The minimum atomic E-state index is -0.674. The third-order valence-electron chi connectivity index (χ3n) is 5.48. The lowest BCUT2D eigenvalue weighted by atomic mass is 9.94. The highest BCUT2D eigenvalue weighted by Crippen LogP contribution is 2.33. The van der Waals surface area contributed by atoms with Crippen LogP contribution >= 0.6 is 11.6 Å². The highest BCUT2D eigenvalue weighted by Gasteiger charge is 2.34. The number of hydrogen-bond acceptors (Lipinski definition) is 5. The van der Waals surface area contributed by atoms with Gasteiger partial charge in [-0.1, -0.05) is 31.0 Å². The zero-order chi connectivity index (χ0) is 21.1. The number of carbonyl (C=O) groups is 2. The molecule has 5 N–H and O–H groups in total. The lowest BCUT2D eigenvalue weighted by molar-refractivity contribution is -0.122. The third-order valence-corrected chi connectivity index (χ3v) is 5.79. The average Bonchev–Trinajstić information content (AvgIpc) is 3.15. The van der Waals surface area contributed by atoms with E-state index in [1.807, 2.05) is 6.92 Å². The van der Waals surface area contributed by atoms with E-state index in [4.69, 9.17) is 23.1 Å². The van der Waals surface area contributed by atoms with Crippen LogP contribution in [0.3, 0.4) is 0 Å². The lowest BCUT2D eigenvalue weighted by Gasteiger charge is -2.26. The Balaban J connectivity index is 1.93. The fraction of sp³-hybridized carbons (Fsp3) is 0.381. The van der Waals surface area contributed by atoms with Crippen molar-refractivity contribution in [2.75, 3.05) is 5.73 Å². The van der Waals surface area contributed by atoms with Crippen molar-refractivity contribution in [3.63, 3.8) is 0 Å². The third kappa shape index (κ3) is 4.41. The van der Waals surface area contributed by atoms with E-state index in [-0.39, 0.29) is 45.9 Å². The number of halogens is 2. The number of aromatic nitrogens is 1. The molecule has 1 aliphatic rings. The van der Waals surface area contributed by atoms with Crippen molar-refractivity contribution in [2.24, 2.45) is 11.7 Å². The second kappa shape index (κ2) is 8.88. The van der Waals surface area contributed by atoms with Crippen LogP contribution < -0.4 is 16.8 Å². The first-order valence-corrected chi connectivity index (χ1v) is 10.0. The van der Waals surface area contributed by atoms with Crippen LogP contribution in [0.4, 0.5) is 10.2 Å². The Morgan fingerprint density at radius 2 is 2.07 bits per heavy atom. The number of rotatable bonds is 7. The van der Waals surface area contributed by atoms with E-state index in [1.165, 1.54) is 24.4 Å². The average molecular weight is 419 g/mol. The molecule has 1 heterocycles. The number of nitrogens with zero attached hydrogens (tertiary/aromatic N) is 1. The van der Waals surface area contributed by atoms with E-state index in [1.54, 1.807) is 6.07 Å². The molecule has 3 atom stereocenters. The molecule has 3 unspecified atom stereocenters. The van der Waals surface area contributed by atoms with E-state index in [0.29, 0.717) is 12.0 Å². The van der Waals surface area contributed by atoms with Gasteiger partial charge in [0.1, 0.15) is 11.6 Å². The number of nitrogens with one attached hydrogen (secondary N) is 1. The van der Waals surface area contributed by atoms with Crippen molar-refractivity contribution < 1.29 is 14.0 Å². The molecule has 1 saturated carbocycles. The summed E-state index contributed by atoms with van der Waals surface area (Å²) >= 11 is 6.17. The van der Waals surface area contributed by atoms with Gasteiger partial charge in [0.05, 0.1) is 16.5 Å². The summed E-state index contributed by atoms with van der Waals surface area (Å²) in [5.74, 6) is -1.60. The number of benzene rings is 1. The molecule has 0 aliphatic heterocycles. The Kier molecular flexibility index (Phi) is 6.49. The maximum atomic E-state index is 15.4. The standard InChI is InChI=1S/C21H24ClFN4O2/c1-2-15(27-16-5-3-4-13(16)21(25)29)12-7-8-14(22)18(19(12)23)20(28)11-6-9-17(24)26-10-11/h6-10,13,15-16,27H,2-5H2,1H3,(H2,24,26)(H2,25,29). The van der Waals surface area contributed by atoms with Crippen LogP contribution in [0.5, 0.6) is 0 Å². The molecule has 6 nitrogen and oxygen atoms in total. The van der Waals surface area contributed by atoms with Gasteiger partial charge >= 0.3 is 0 Å². The molecule has 8 heteroatoms. The first-order valence-electron chi connectivity index (χ1n) is 9.63. The SMILES string of the molecule is CCC(NC1CCCC1C(N)=O)c1ccc(Cl)c(C(=O)c2ccc(N)nc2)c1F. The molecule has 1 aromatic carbocycles. The highest BCUT2D eigenvalue weighted by molar-refractivity contribution is 6.35. The number of carbonyl (C=O) groups excluding carboxylic acids is 2. The summed E-state index contributed by atoms with van der Waals surface area (Å²) in [5, 5.41) is 3.39. The van der Waals surface area contributed by atoms with Crippen LogP contribution in [-0.2, 0) is 4.79 Å². The van der Waals surface area contributed by atoms with Crippen molar-refractivity contribution in [1.82, 2.24) is 10.3 Å². The number of hydrogen-bond donors (Lipinski definition) is 3. The quantitative estimate of drug-likeness (QED) is 0.597. The summed E-state index contributed by atoms with van der Waals surface area (Å²) in [7, 11) is 0. The van der Waals surface area contributed by atoms with Crippen LogP contribution in [0.1, 0.15) is 60.1 Å². The molecule has 0 radical (unpaired) electrons. The highest BCUT2D eigenvalue weighted by atomic mass is 35.5. The Morgan fingerprint density at radius 3 is 2.69 bits per heavy atom. The molecule has 0 saturated heterocycles. The van der Waals surface area contributed by atoms with Crippen LogP contribution in [0.15, 0.2) is 30.5 Å². The molecule has 154 valence electrons. The maximum Gasteiger partial charge on any atom is 0.222 e. The van der Waals surface area contributed by atoms with E-state index in [2.05, 4.69) is 10.3 Å². The Bertz CT molecular complexity index is 920.